The van der Waals surface area contributed by atoms with Gasteiger partial charge in [0.25, 0.3) is 11.8 Å². The smallest absolute Gasteiger partial charge is 0.262 e. The van der Waals surface area contributed by atoms with E-state index in [0.717, 1.165) is 10.9 Å². The van der Waals surface area contributed by atoms with Crippen LogP contribution < -0.4 is 0 Å². The van der Waals surface area contributed by atoms with E-state index in [9.17, 15) is 18.7 Å². The van der Waals surface area contributed by atoms with Gasteiger partial charge in [-0.2, -0.15) is 0 Å². The average Bonchev–Trinajstić information content (AvgIpc) is 3.23. The van der Waals surface area contributed by atoms with Gasteiger partial charge in [0.1, 0.15) is 0 Å². The molecule has 5 nitrogen and oxygen atoms in total. The van der Waals surface area contributed by atoms with Gasteiger partial charge in [-0.1, -0.05) is 0 Å². The molecule has 1 atom stereocenters. The summed E-state index contributed by atoms with van der Waals surface area (Å²) in [5.74, 6) is -2.75. The van der Waals surface area contributed by atoms with Crippen molar-refractivity contribution < 1.29 is 18.7 Å². The molecule has 7 heteroatoms. The Morgan fingerprint density at radius 2 is 2.04 bits per heavy atom. The zero-order valence-corrected chi connectivity index (χ0v) is 14.5. The molecular formula is C19H23F2N3O2. The molecule has 0 radical (unpaired) electrons. The van der Waals surface area contributed by atoms with Gasteiger partial charge in [0.15, 0.2) is 0 Å². The summed E-state index contributed by atoms with van der Waals surface area (Å²) in [5, 5.41) is 10.4. The Kier molecular flexibility index (Phi) is 4.44. The normalized spacial score (nSPS) is 24.4. The van der Waals surface area contributed by atoms with Crippen LogP contribution in [0.5, 0.6) is 0 Å². The van der Waals surface area contributed by atoms with Gasteiger partial charge in [-0.3, -0.25) is 9.69 Å². The van der Waals surface area contributed by atoms with Crippen molar-refractivity contribution in [3.05, 3.63) is 36.0 Å². The SMILES string of the molecule is O=C(c1ccc2[nH]ccc2c1)N1CCC(N2CC(F)(F)C[C@H]2CO)CC1. The molecule has 2 fully saturated rings. The van der Waals surface area contributed by atoms with Crippen molar-refractivity contribution in [3.8, 4) is 0 Å². The van der Waals surface area contributed by atoms with Crippen molar-refractivity contribution in [1.29, 1.82) is 0 Å². The van der Waals surface area contributed by atoms with Gasteiger partial charge in [-0.05, 0) is 37.1 Å². The van der Waals surface area contributed by atoms with Crippen LogP contribution in [-0.2, 0) is 0 Å². The molecule has 4 rings (SSSR count). The van der Waals surface area contributed by atoms with Crippen molar-refractivity contribution in [2.75, 3.05) is 26.2 Å². The summed E-state index contributed by atoms with van der Waals surface area (Å²) in [7, 11) is 0. The number of carbonyl (C=O) groups is 1. The Hall–Kier alpha value is -1.99. The highest BCUT2D eigenvalue weighted by atomic mass is 19.3. The third-order valence-corrected chi connectivity index (χ3v) is 5.65. The summed E-state index contributed by atoms with van der Waals surface area (Å²) in [6, 6.07) is 7.04. The minimum Gasteiger partial charge on any atom is -0.395 e. The summed E-state index contributed by atoms with van der Waals surface area (Å²) in [5.41, 5.74) is 1.64. The molecule has 2 aromatic rings. The van der Waals surface area contributed by atoms with E-state index in [1.165, 1.54) is 0 Å². The Morgan fingerprint density at radius 3 is 2.77 bits per heavy atom. The monoisotopic (exact) mass is 363 g/mol. The molecule has 1 amide bonds. The highest BCUT2D eigenvalue weighted by molar-refractivity contribution is 5.98. The van der Waals surface area contributed by atoms with E-state index in [4.69, 9.17) is 0 Å². The molecular weight excluding hydrogens is 340 g/mol. The first-order valence-electron chi connectivity index (χ1n) is 9.08. The van der Waals surface area contributed by atoms with Gasteiger partial charge >= 0.3 is 0 Å². The van der Waals surface area contributed by atoms with E-state index in [-0.39, 0.29) is 31.5 Å². The van der Waals surface area contributed by atoms with Crippen LogP contribution in [0.2, 0.25) is 0 Å². The molecule has 3 heterocycles. The zero-order valence-electron chi connectivity index (χ0n) is 14.5. The number of aromatic amines is 1. The first-order valence-corrected chi connectivity index (χ1v) is 9.08. The predicted octanol–water partition coefficient (Wildman–Crippen LogP) is 2.47. The van der Waals surface area contributed by atoms with Crippen molar-refractivity contribution >= 4 is 16.8 Å². The Labute approximate surface area is 150 Å². The van der Waals surface area contributed by atoms with Gasteiger partial charge in [0.05, 0.1) is 13.2 Å². The number of nitrogens with one attached hydrogen (secondary N) is 1. The number of halogens is 2. The zero-order chi connectivity index (χ0) is 18.3. The third kappa shape index (κ3) is 3.21. The Morgan fingerprint density at radius 1 is 1.27 bits per heavy atom. The number of piperidine rings is 1. The van der Waals surface area contributed by atoms with Gasteiger partial charge in [-0.15, -0.1) is 0 Å². The number of hydrogen-bond acceptors (Lipinski definition) is 3. The lowest BCUT2D eigenvalue weighted by atomic mass is 10.0. The van der Waals surface area contributed by atoms with Gasteiger partial charge < -0.3 is 15.0 Å². The van der Waals surface area contributed by atoms with E-state index in [1.54, 1.807) is 9.80 Å². The first kappa shape index (κ1) is 17.4. The maximum absolute atomic E-state index is 13.7. The van der Waals surface area contributed by atoms with Crippen molar-refractivity contribution in [2.45, 2.75) is 37.3 Å². The maximum Gasteiger partial charge on any atom is 0.262 e. The van der Waals surface area contributed by atoms with E-state index in [0.29, 0.717) is 31.5 Å². The quantitative estimate of drug-likeness (QED) is 0.881. The second-order valence-electron chi connectivity index (χ2n) is 7.37. The van der Waals surface area contributed by atoms with Crippen molar-refractivity contribution in [1.82, 2.24) is 14.8 Å². The van der Waals surface area contributed by atoms with Crippen LogP contribution >= 0.6 is 0 Å². The van der Waals surface area contributed by atoms with Crippen molar-refractivity contribution in [3.63, 3.8) is 0 Å². The summed E-state index contributed by atoms with van der Waals surface area (Å²) in [4.78, 5) is 19.4. The minimum absolute atomic E-state index is 0.00303. The molecule has 2 aliphatic rings. The second kappa shape index (κ2) is 6.63. The molecule has 1 aromatic heterocycles. The summed E-state index contributed by atoms with van der Waals surface area (Å²) < 4.78 is 27.4. The van der Waals surface area contributed by atoms with E-state index < -0.39 is 12.0 Å². The topological polar surface area (TPSA) is 59.6 Å². The Bertz CT molecular complexity index is 799. The molecule has 0 aliphatic carbocycles. The number of alkyl halides is 2. The molecule has 2 N–H and O–H groups in total. The molecule has 140 valence electrons. The van der Waals surface area contributed by atoms with Gasteiger partial charge in [0.2, 0.25) is 0 Å². The molecule has 26 heavy (non-hydrogen) atoms. The fourth-order valence-corrected chi connectivity index (χ4v) is 4.29. The molecule has 2 saturated heterocycles. The Balaban J connectivity index is 1.40. The lowest BCUT2D eigenvalue weighted by Gasteiger charge is -2.38. The van der Waals surface area contributed by atoms with Gasteiger partial charge in [0, 0.05) is 54.3 Å². The number of aliphatic hydroxyl groups is 1. The first-order chi connectivity index (χ1) is 12.5. The number of nitrogens with zero attached hydrogens (tertiary/aromatic N) is 2. The number of fused-ring (bicyclic) bond motifs is 1. The van der Waals surface area contributed by atoms with Crippen LogP contribution in [0, 0.1) is 0 Å². The van der Waals surface area contributed by atoms with E-state index >= 15 is 0 Å². The number of aromatic nitrogens is 1. The molecule has 0 saturated carbocycles. The highest BCUT2D eigenvalue weighted by Crippen LogP contribution is 2.35. The summed E-state index contributed by atoms with van der Waals surface area (Å²) >= 11 is 0. The van der Waals surface area contributed by atoms with Crippen LogP contribution in [0.3, 0.4) is 0 Å². The molecule has 2 aliphatic heterocycles. The van der Waals surface area contributed by atoms with Crippen LogP contribution in [0.1, 0.15) is 29.6 Å². The van der Waals surface area contributed by atoms with Crippen LogP contribution in [0.15, 0.2) is 30.5 Å². The number of H-pyrrole nitrogens is 1. The number of aliphatic hydroxyl groups excluding tert-OH is 1. The number of hydrogen-bond donors (Lipinski definition) is 2. The summed E-state index contributed by atoms with van der Waals surface area (Å²) in [6.45, 7) is 0.566. The van der Waals surface area contributed by atoms with Gasteiger partial charge in [-0.25, -0.2) is 8.78 Å². The number of likely N-dealkylation sites (tertiary alicyclic amines) is 2. The molecule has 0 unspecified atom stereocenters. The number of amides is 1. The largest absolute Gasteiger partial charge is 0.395 e. The van der Waals surface area contributed by atoms with E-state index in [2.05, 4.69) is 4.98 Å². The third-order valence-electron chi connectivity index (χ3n) is 5.65. The standard InChI is InChI=1S/C19H23F2N3O2/c20-19(21)10-16(11-25)24(12-19)15-4-7-23(8-5-15)18(26)14-1-2-17-13(9-14)3-6-22-17/h1-3,6,9,15-16,22,25H,4-5,7-8,10-12H2/t16-/m0/s1. The predicted molar refractivity (Wildman–Crippen MR) is 94.4 cm³/mol. The highest BCUT2D eigenvalue weighted by Gasteiger charge is 2.47. The molecule has 0 bridgehead atoms. The molecule has 1 aromatic carbocycles. The van der Waals surface area contributed by atoms with Crippen LogP contribution in [0.4, 0.5) is 8.78 Å². The lowest BCUT2D eigenvalue weighted by molar-refractivity contribution is 0.00297. The fourth-order valence-electron chi connectivity index (χ4n) is 4.29. The molecule has 0 spiro atoms. The fraction of sp³-hybridized carbons (Fsp3) is 0.526. The van der Waals surface area contributed by atoms with Crippen LogP contribution in [-0.4, -0.2) is 70.0 Å². The maximum atomic E-state index is 13.7. The average molecular weight is 363 g/mol. The second-order valence-corrected chi connectivity index (χ2v) is 7.37. The summed E-state index contributed by atoms with van der Waals surface area (Å²) in [6.07, 6.45) is 2.88. The van der Waals surface area contributed by atoms with E-state index in [1.807, 2.05) is 30.5 Å². The number of benzene rings is 1. The van der Waals surface area contributed by atoms with Crippen LogP contribution in [0.25, 0.3) is 10.9 Å². The lowest BCUT2D eigenvalue weighted by Crippen LogP contribution is -2.49. The number of carbonyl (C=O) groups excluding carboxylic acids is 1. The minimum atomic E-state index is -2.73. The van der Waals surface area contributed by atoms with Crippen molar-refractivity contribution in [2.24, 2.45) is 0 Å². The number of rotatable bonds is 3.